The highest BCUT2D eigenvalue weighted by Gasteiger charge is 2.24. The fraction of sp³-hybridized carbons (Fsp3) is 1.00. The molecule has 1 unspecified atom stereocenters. The molecule has 0 radical (unpaired) electrons. The Labute approximate surface area is 75.6 Å². The minimum Gasteiger partial charge on any atom is -0.392 e. The maximum Gasteiger partial charge on any atom is 0.0695 e. The summed E-state index contributed by atoms with van der Waals surface area (Å²) < 4.78 is 0. The van der Waals surface area contributed by atoms with Crippen LogP contribution < -0.4 is 0 Å². The van der Waals surface area contributed by atoms with Crippen molar-refractivity contribution in [2.45, 2.75) is 38.7 Å². The topological polar surface area (TPSA) is 23.5 Å². The quantitative estimate of drug-likeness (QED) is 0.695. The first-order valence-corrected chi connectivity index (χ1v) is 5.10. The highest BCUT2D eigenvalue weighted by Crippen LogP contribution is 2.21. The molecule has 0 aromatic carbocycles. The van der Waals surface area contributed by atoms with E-state index in [0.29, 0.717) is 5.92 Å². The van der Waals surface area contributed by atoms with Crippen LogP contribution in [0.1, 0.15) is 32.6 Å². The zero-order chi connectivity index (χ0) is 8.97. The second-order valence-corrected chi connectivity index (χ2v) is 4.02. The summed E-state index contributed by atoms with van der Waals surface area (Å²) in [5, 5.41) is 9.72. The molecule has 0 aromatic heterocycles. The molecule has 0 spiro atoms. The van der Waals surface area contributed by atoms with Gasteiger partial charge in [-0.15, -0.1) is 0 Å². The predicted octanol–water partition coefficient (Wildman–Crippen LogP) is 1.49. The summed E-state index contributed by atoms with van der Waals surface area (Å²) in [6.45, 7) is 4.24. The number of unbranched alkanes of at least 4 members (excludes halogenated alkanes) is 1. The maximum atomic E-state index is 9.72. The zero-order valence-corrected chi connectivity index (χ0v) is 8.29. The molecule has 72 valence electrons. The largest absolute Gasteiger partial charge is 0.392 e. The van der Waals surface area contributed by atoms with E-state index in [-0.39, 0.29) is 6.10 Å². The second kappa shape index (κ2) is 4.83. The van der Waals surface area contributed by atoms with Gasteiger partial charge in [-0.05, 0) is 32.4 Å². The van der Waals surface area contributed by atoms with Crippen LogP contribution in [0.5, 0.6) is 0 Å². The third kappa shape index (κ3) is 2.76. The van der Waals surface area contributed by atoms with E-state index in [1.165, 1.54) is 25.7 Å². The van der Waals surface area contributed by atoms with Crippen LogP contribution in [0.15, 0.2) is 0 Å². The number of likely N-dealkylation sites (tertiary alicyclic amines) is 1. The Hall–Kier alpha value is -0.0800. The molecule has 0 aliphatic carbocycles. The Morgan fingerprint density at radius 3 is 2.83 bits per heavy atom. The molecule has 0 aromatic rings. The Balaban J connectivity index is 2.25. The number of likely N-dealkylation sites (N-methyl/N-ethyl adjacent to an activating group) is 1. The lowest BCUT2D eigenvalue weighted by atomic mass is 9.89. The minimum atomic E-state index is -0.0738. The lowest BCUT2D eigenvalue weighted by Crippen LogP contribution is -2.41. The van der Waals surface area contributed by atoms with Gasteiger partial charge in [-0.2, -0.15) is 0 Å². The van der Waals surface area contributed by atoms with Gasteiger partial charge in [0.2, 0.25) is 0 Å². The first-order chi connectivity index (χ1) is 5.74. The van der Waals surface area contributed by atoms with Crippen molar-refractivity contribution in [1.29, 1.82) is 0 Å². The van der Waals surface area contributed by atoms with E-state index in [0.717, 1.165) is 13.1 Å². The van der Waals surface area contributed by atoms with Crippen molar-refractivity contribution in [3.05, 3.63) is 0 Å². The van der Waals surface area contributed by atoms with Gasteiger partial charge < -0.3 is 10.0 Å². The van der Waals surface area contributed by atoms with Gasteiger partial charge in [-0.3, -0.25) is 0 Å². The van der Waals surface area contributed by atoms with Gasteiger partial charge >= 0.3 is 0 Å². The van der Waals surface area contributed by atoms with Crippen molar-refractivity contribution in [2.24, 2.45) is 5.92 Å². The molecular formula is C10H21NO. The number of piperidine rings is 1. The van der Waals surface area contributed by atoms with E-state index in [9.17, 15) is 5.11 Å². The standard InChI is InChI=1S/C10H21NO/c1-3-4-5-9-6-7-11(2)8-10(9)12/h9-10,12H,3-8H2,1-2H3/t9?,10-/m0/s1. The Bertz CT molecular complexity index is 125. The first-order valence-electron chi connectivity index (χ1n) is 5.10. The third-order valence-electron chi connectivity index (χ3n) is 2.85. The average Bonchev–Trinajstić information content (AvgIpc) is 2.03. The smallest absolute Gasteiger partial charge is 0.0695 e. The van der Waals surface area contributed by atoms with Gasteiger partial charge in [0.05, 0.1) is 6.10 Å². The van der Waals surface area contributed by atoms with Crippen LogP contribution in [0.2, 0.25) is 0 Å². The molecule has 1 heterocycles. The number of rotatable bonds is 3. The SMILES string of the molecule is CCCCC1CCN(C)C[C@@H]1O. The van der Waals surface area contributed by atoms with E-state index in [4.69, 9.17) is 0 Å². The normalized spacial score (nSPS) is 32.2. The number of aliphatic hydroxyl groups excluding tert-OH is 1. The molecule has 1 rings (SSSR count). The molecule has 2 nitrogen and oxygen atoms in total. The molecule has 1 aliphatic rings. The lowest BCUT2D eigenvalue weighted by molar-refractivity contribution is 0.0279. The number of nitrogens with zero attached hydrogens (tertiary/aromatic N) is 1. The van der Waals surface area contributed by atoms with E-state index in [2.05, 4.69) is 18.9 Å². The molecule has 1 saturated heterocycles. The zero-order valence-electron chi connectivity index (χ0n) is 8.29. The Morgan fingerprint density at radius 1 is 1.50 bits per heavy atom. The number of aliphatic hydroxyl groups is 1. The van der Waals surface area contributed by atoms with Crippen LogP contribution in [0, 0.1) is 5.92 Å². The van der Waals surface area contributed by atoms with Gasteiger partial charge in [-0.1, -0.05) is 19.8 Å². The van der Waals surface area contributed by atoms with Gasteiger partial charge in [0.15, 0.2) is 0 Å². The fourth-order valence-electron chi connectivity index (χ4n) is 1.94. The van der Waals surface area contributed by atoms with E-state index in [1.54, 1.807) is 0 Å². The van der Waals surface area contributed by atoms with E-state index >= 15 is 0 Å². The van der Waals surface area contributed by atoms with Crippen LogP contribution in [0.4, 0.5) is 0 Å². The molecule has 0 bridgehead atoms. The van der Waals surface area contributed by atoms with Crippen molar-refractivity contribution in [3.8, 4) is 0 Å². The number of β-amino-alcohol motifs (C(OH)–C–C–N with tert-alkyl or cyclic N) is 1. The molecule has 1 fully saturated rings. The summed E-state index contributed by atoms with van der Waals surface area (Å²) >= 11 is 0. The molecule has 1 aliphatic heterocycles. The molecule has 0 saturated carbocycles. The lowest BCUT2D eigenvalue weighted by Gasteiger charge is -2.33. The fourth-order valence-corrected chi connectivity index (χ4v) is 1.94. The summed E-state index contributed by atoms with van der Waals surface area (Å²) in [5.74, 6) is 0.571. The first kappa shape index (κ1) is 10.0. The van der Waals surface area contributed by atoms with Gasteiger partial charge in [0.1, 0.15) is 0 Å². The predicted molar refractivity (Wildman–Crippen MR) is 51.1 cm³/mol. The molecule has 2 heteroatoms. The molecule has 2 atom stereocenters. The Kier molecular flexibility index (Phi) is 4.02. The second-order valence-electron chi connectivity index (χ2n) is 4.02. The average molecular weight is 171 g/mol. The van der Waals surface area contributed by atoms with Crippen LogP contribution in [0.25, 0.3) is 0 Å². The molecular weight excluding hydrogens is 150 g/mol. The van der Waals surface area contributed by atoms with E-state index in [1.807, 2.05) is 0 Å². The van der Waals surface area contributed by atoms with Crippen LogP contribution in [0.3, 0.4) is 0 Å². The van der Waals surface area contributed by atoms with E-state index < -0.39 is 0 Å². The van der Waals surface area contributed by atoms with Crippen LogP contribution in [-0.2, 0) is 0 Å². The van der Waals surface area contributed by atoms with Gasteiger partial charge in [0.25, 0.3) is 0 Å². The van der Waals surface area contributed by atoms with Gasteiger partial charge in [-0.25, -0.2) is 0 Å². The molecule has 12 heavy (non-hydrogen) atoms. The highest BCUT2D eigenvalue weighted by atomic mass is 16.3. The van der Waals surface area contributed by atoms with Crippen LogP contribution in [-0.4, -0.2) is 36.2 Å². The summed E-state index contributed by atoms with van der Waals surface area (Å²) in [6.07, 6.45) is 4.84. The van der Waals surface area contributed by atoms with Crippen LogP contribution >= 0.6 is 0 Å². The third-order valence-corrected chi connectivity index (χ3v) is 2.85. The minimum absolute atomic E-state index is 0.0738. The number of hydrogen-bond donors (Lipinski definition) is 1. The van der Waals surface area contributed by atoms with Crippen molar-refractivity contribution < 1.29 is 5.11 Å². The Morgan fingerprint density at radius 2 is 2.25 bits per heavy atom. The van der Waals surface area contributed by atoms with Crippen molar-refractivity contribution >= 4 is 0 Å². The monoisotopic (exact) mass is 171 g/mol. The van der Waals surface area contributed by atoms with Crippen molar-refractivity contribution in [3.63, 3.8) is 0 Å². The highest BCUT2D eigenvalue weighted by molar-refractivity contribution is 4.77. The summed E-state index contributed by atoms with van der Waals surface area (Å²) in [7, 11) is 2.08. The van der Waals surface area contributed by atoms with Crippen molar-refractivity contribution in [1.82, 2.24) is 4.90 Å². The maximum absolute atomic E-state index is 9.72. The molecule has 0 amide bonds. The summed E-state index contributed by atoms with van der Waals surface area (Å²) in [6, 6.07) is 0. The molecule has 1 N–H and O–H groups in total. The number of hydrogen-bond acceptors (Lipinski definition) is 2. The van der Waals surface area contributed by atoms with Gasteiger partial charge in [0, 0.05) is 6.54 Å². The summed E-state index contributed by atoms with van der Waals surface area (Å²) in [5.41, 5.74) is 0. The summed E-state index contributed by atoms with van der Waals surface area (Å²) in [4.78, 5) is 2.22. The van der Waals surface area contributed by atoms with Crippen molar-refractivity contribution in [2.75, 3.05) is 20.1 Å².